The van der Waals surface area contributed by atoms with Gasteiger partial charge >= 0.3 is 0 Å². The molecule has 0 bridgehead atoms. The second-order valence-corrected chi connectivity index (χ2v) is 7.66. The van der Waals surface area contributed by atoms with E-state index in [9.17, 15) is 4.79 Å². The van der Waals surface area contributed by atoms with Gasteiger partial charge in [0, 0.05) is 37.0 Å². The van der Waals surface area contributed by atoms with Gasteiger partial charge in [0.15, 0.2) is 0 Å². The number of hydrogen-bond donors (Lipinski definition) is 0. The molecule has 0 fully saturated rings. The van der Waals surface area contributed by atoms with E-state index in [0.29, 0.717) is 37.7 Å². The molecule has 0 atom stereocenters. The lowest BCUT2D eigenvalue weighted by Gasteiger charge is -2.17. The molecule has 3 aromatic heterocycles. The molecule has 3 aromatic rings. The van der Waals surface area contributed by atoms with Crippen LogP contribution in [0.15, 0.2) is 22.6 Å². The second-order valence-electron chi connectivity index (χ2n) is 6.38. The minimum Gasteiger partial charge on any atom is -0.420 e. The average Bonchev–Trinajstić information content (AvgIpc) is 3.30. The summed E-state index contributed by atoms with van der Waals surface area (Å²) in [7, 11) is 1.81. The number of nitrogens with zero attached hydrogens (tertiary/aromatic N) is 5. The Kier molecular flexibility index (Phi) is 5.51. The van der Waals surface area contributed by atoms with Crippen LogP contribution in [-0.2, 0) is 17.8 Å². The molecule has 0 aliphatic rings. The zero-order chi connectivity index (χ0) is 18.7. The van der Waals surface area contributed by atoms with E-state index >= 15 is 0 Å². The van der Waals surface area contributed by atoms with Crippen LogP contribution in [0, 0.1) is 20.8 Å². The highest BCUT2D eigenvalue weighted by Gasteiger charge is 2.14. The molecule has 0 aromatic carbocycles. The molecule has 0 aliphatic heterocycles. The number of aromatic nitrogens is 4. The molecule has 3 heterocycles. The van der Waals surface area contributed by atoms with Crippen LogP contribution in [0.2, 0.25) is 0 Å². The fraction of sp³-hybridized carbons (Fsp3) is 0.444. The molecule has 0 aliphatic carbocycles. The Morgan fingerprint density at radius 2 is 2.08 bits per heavy atom. The molecular formula is C18H23N5O2S. The average molecular weight is 373 g/mol. The topological polar surface area (TPSA) is 77.0 Å². The fourth-order valence-electron chi connectivity index (χ4n) is 2.68. The molecule has 3 rings (SSSR count). The van der Waals surface area contributed by atoms with E-state index in [1.807, 2.05) is 50.7 Å². The largest absolute Gasteiger partial charge is 0.420 e. The summed E-state index contributed by atoms with van der Waals surface area (Å²) in [5.74, 6) is 1.06. The summed E-state index contributed by atoms with van der Waals surface area (Å²) >= 11 is 1.61. The maximum absolute atomic E-state index is 12.3. The highest BCUT2D eigenvalue weighted by molar-refractivity contribution is 7.15. The molecule has 1 amide bonds. The Labute approximate surface area is 156 Å². The van der Waals surface area contributed by atoms with Crippen LogP contribution < -0.4 is 0 Å². The third-order valence-corrected chi connectivity index (χ3v) is 5.14. The van der Waals surface area contributed by atoms with Gasteiger partial charge in [-0.25, -0.2) is 0 Å². The van der Waals surface area contributed by atoms with Crippen molar-refractivity contribution in [3.8, 4) is 10.8 Å². The summed E-state index contributed by atoms with van der Waals surface area (Å²) in [6.45, 7) is 7.32. The van der Waals surface area contributed by atoms with Crippen molar-refractivity contribution in [3.63, 3.8) is 0 Å². The Balaban J connectivity index is 1.49. The van der Waals surface area contributed by atoms with E-state index in [1.165, 1.54) is 4.88 Å². The molecule has 26 heavy (non-hydrogen) atoms. The van der Waals surface area contributed by atoms with Gasteiger partial charge in [0.2, 0.25) is 11.8 Å². The van der Waals surface area contributed by atoms with E-state index in [0.717, 1.165) is 16.3 Å². The normalized spacial score (nSPS) is 11.1. The Morgan fingerprint density at radius 3 is 2.73 bits per heavy atom. The predicted molar refractivity (Wildman–Crippen MR) is 100 cm³/mol. The standard InChI is InChI=1S/C18H23N5O2S/c1-12-11-13(2)23(21-12)10-9-22(4)17(24)8-7-16-19-20-18(25-16)15-6-5-14(3)26-15/h5-6,11H,7-10H2,1-4H3. The number of amides is 1. The van der Waals surface area contributed by atoms with Crippen molar-refractivity contribution in [1.29, 1.82) is 0 Å². The maximum atomic E-state index is 12.3. The van der Waals surface area contributed by atoms with Crippen molar-refractivity contribution in [3.05, 3.63) is 40.4 Å². The number of carbonyl (C=O) groups is 1. The van der Waals surface area contributed by atoms with Crippen molar-refractivity contribution in [2.75, 3.05) is 13.6 Å². The van der Waals surface area contributed by atoms with Gasteiger partial charge in [0.1, 0.15) is 0 Å². The first-order valence-electron chi connectivity index (χ1n) is 8.56. The van der Waals surface area contributed by atoms with Gasteiger partial charge in [-0.1, -0.05) is 0 Å². The van der Waals surface area contributed by atoms with Crippen LogP contribution in [0.25, 0.3) is 10.8 Å². The Bertz CT molecular complexity index is 895. The molecule has 0 spiro atoms. The summed E-state index contributed by atoms with van der Waals surface area (Å²) < 4.78 is 7.59. The molecule has 0 saturated carbocycles. The van der Waals surface area contributed by atoms with Gasteiger partial charge in [-0.2, -0.15) is 5.10 Å². The quantitative estimate of drug-likeness (QED) is 0.636. The number of hydrogen-bond acceptors (Lipinski definition) is 6. The monoisotopic (exact) mass is 373 g/mol. The zero-order valence-electron chi connectivity index (χ0n) is 15.5. The molecule has 0 saturated heterocycles. The number of rotatable bonds is 7. The highest BCUT2D eigenvalue weighted by atomic mass is 32.1. The van der Waals surface area contributed by atoms with E-state index in [4.69, 9.17) is 4.42 Å². The van der Waals surface area contributed by atoms with E-state index in [-0.39, 0.29) is 5.91 Å². The third-order valence-electron chi connectivity index (χ3n) is 4.15. The van der Waals surface area contributed by atoms with Gasteiger partial charge in [0.25, 0.3) is 5.89 Å². The number of thiophene rings is 1. The van der Waals surface area contributed by atoms with Crippen LogP contribution >= 0.6 is 11.3 Å². The lowest BCUT2D eigenvalue weighted by atomic mass is 10.3. The number of likely N-dealkylation sites (N-methyl/N-ethyl adjacent to an activating group) is 1. The SMILES string of the molecule is Cc1cc(C)n(CCN(C)C(=O)CCc2nnc(-c3ccc(C)s3)o2)n1. The minimum absolute atomic E-state index is 0.0539. The van der Waals surface area contributed by atoms with Gasteiger partial charge in [-0.3, -0.25) is 9.48 Å². The number of aryl methyl sites for hydroxylation is 4. The summed E-state index contributed by atoms with van der Waals surface area (Å²) in [6, 6.07) is 6.02. The Hall–Kier alpha value is -2.48. The first kappa shape index (κ1) is 18.3. The van der Waals surface area contributed by atoms with Crippen LogP contribution in [0.5, 0.6) is 0 Å². The summed E-state index contributed by atoms with van der Waals surface area (Å²) in [5.41, 5.74) is 2.09. The minimum atomic E-state index is 0.0539. The molecule has 0 unspecified atom stereocenters. The van der Waals surface area contributed by atoms with Crippen molar-refractivity contribution >= 4 is 17.2 Å². The molecular weight excluding hydrogens is 350 g/mol. The van der Waals surface area contributed by atoms with Crippen LogP contribution in [0.3, 0.4) is 0 Å². The first-order valence-corrected chi connectivity index (χ1v) is 9.38. The predicted octanol–water partition coefficient (Wildman–Crippen LogP) is 3.01. The van der Waals surface area contributed by atoms with Crippen molar-refractivity contribution in [1.82, 2.24) is 24.9 Å². The maximum Gasteiger partial charge on any atom is 0.257 e. The van der Waals surface area contributed by atoms with Gasteiger partial charge < -0.3 is 9.32 Å². The van der Waals surface area contributed by atoms with E-state index < -0.39 is 0 Å². The van der Waals surface area contributed by atoms with Crippen LogP contribution in [0.1, 0.15) is 28.6 Å². The van der Waals surface area contributed by atoms with Gasteiger partial charge in [-0.15, -0.1) is 21.5 Å². The third kappa shape index (κ3) is 4.37. The number of carbonyl (C=O) groups excluding carboxylic acids is 1. The second kappa shape index (κ2) is 7.82. The van der Waals surface area contributed by atoms with Crippen molar-refractivity contribution < 1.29 is 9.21 Å². The van der Waals surface area contributed by atoms with Crippen molar-refractivity contribution in [2.24, 2.45) is 0 Å². The van der Waals surface area contributed by atoms with Crippen molar-refractivity contribution in [2.45, 2.75) is 40.2 Å². The van der Waals surface area contributed by atoms with E-state index in [2.05, 4.69) is 15.3 Å². The Morgan fingerprint density at radius 1 is 1.27 bits per heavy atom. The van der Waals surface area contributed by atoms with E-state index in [1.54, 1.807) is 16.2 Å². The van der Waals surface area contributed by atoms with Gasteiger partial charge in [0.05, 0.1) is 17.1 Å². The molecule has 138 valence electrons. The first-order chi connectivity index (χ1) is 12.4. The molecule has 0 N–H and O–H groups in total. The molecule has 8 heteroatoms. The molecule has 0 radical (unpaired) electrons. The highest BCUT2D eigenvalue weighted by Crippen LogP contribution is 2.26. The summed E-state index contributed by atoms with van der Waals surface area (Å²) in [4.78, 5) is 16.2. The molecule has 7 nitrogen and oxygen atoms in total. The summed E-state index contributed by atoms with van der Waals surface area (Å²) in [6.07, 6.45) is 0.791. The fourth-order valence-corrected chi connectivity index (χ4v) is 3.47. The lowest BCUT2D eigenvalue weighted by molar-refractivity contribution is -0.130. The zero-order valence-corrected chi connectivity index (χ0v) is 16.3. The van der Waals surface area contributed by atoms with Crippen LogP contribution in [-0.4, -0.2) is 44.4 Å². The van der Waals surface area contributed by atoms with Crippen LogP contribution in [0.4, 0.5) is 0 Å². The summed E-state index contributed by atoms with van der Waals surface area (Å²) in [5, 5.41) is 12.5. The van der Waals surface area contributed by atoms with Gasteiger partial charge in [-0.05, 0) is 39.0 Å². The lowest BCUT2D eigenvalue weighted by Crippen LogP contribution is -2.30. The smallest absolute Gasteiger partial charge is 0.257 e.